The van der Waals surface area contributed by atoms with Crippen LogP contribution in [0, 0.1) is 0 Å². The average molecular weight is 377 g/mol. The van der Waals surface area contributed by atoms with E-state index in [0.717, 1.165) is 6.07 Å². The number of carbonyl (C=O) groups is 1. The van der Waals surface area contributed by atoms with Gasteiger partial charge in [-0.15, -0.1) is 13.2 Å². The van der Waals surface area contributed by atoms with E-state index in [2.05, 4.69) is 41.9 Å². The molecule has 8 heteroatoms. The van der Waals surface area contributed by atoms with Crippen molar-refractivity contribution in [1.82, 2.24) is 0 Å². The molecule has 0 atom stereocenters. The molecule has 17 heavy (non-hydrogen) atoms. The quantitative estimate of drug-likeness (QED) is 0.817. The first kappa shape index (κ1) is 14.3. The third-order valence-corrected chi connectivity index (χ3v) is 2.57. The van der Waals surface area contributed by atoms with Gasteiger partial charge in [-0.3, -0.25) is 4.79 Å². The number of rotatable bonds is 3. The van der Waals surface area contributed by atoms with Crippen molar-refractivity contribution in [1.29, 1.82) is 0 Å². The second-order valence-corrected chi connectivity index (χ2v) is 4.35. The molecule has 0 aromatic heterocycles. The van der Waals surface area contributed by atoms with Gasteiger partial charge in [0.2, 0.25) is 5.91 Å². The van der Waals surface area contributed by atoms with Crippen molar-refractivity contribution in [2.75, 3.05) is 10.6 Å². The van der Waals surface area contributed by atoms with Crippen LogP contribution in [0.3, 0.4) is 0 Å². The number of nitrogens with one attached hydrogen (secondary N) is 1. The number of amides is 1. The van der Waals surface area contributed by atoms with E-state index in [1.165, 1.54) is 12.1 Å². The molecular formula is C9H6Br2F3NO2. The van der Waals surface area contributed by atoms with Gasteiger partial charge in [-0.05, 0) is 18.2 Å². The maximum absolute atomic E-state index is 12.1. The summed E-state index contributed by atoms with van der Waals surface area (Å²) in [5, 5.41) is 2.26. The molecule has 94 valence electrons. The molecule has 0 saturated carbocycles. The van der Waals surface area contributed by atoms with E-state index in [9.17, 15) is 18.0 Å². The molecule has 1 aromatic rings. The summed E-state index contributed by atoms with van der Waals surface area (Å²) in [4.78, 5) is 11.1. The van der Waals surface area contributed by atoms with Crippen LogP contribution in [0.15, 0.2) is 22.7 Å². The third kappa shape index (κ3) is 4.95. The molecule has 0 unspecified atom stereocenters. The van der Waals surface area contributed by atoms with Gasteiger partial charge in [0.1, 0.15) is 0 Å². The number of hydrogen-bond acceptors (Lipinski definition) is 2. The Hall–Kier alpha value is -0.760. The van der Waals surface area contributed by atoms with Gasteiger partial charge >= 0.3 is 6.36 Å². The second-order valence-electron chi connectivity index (χ2n) is 2.87. The number of ether oxygens (including phenoxy) is 1. The SMILES string of the molecule is O=C(CBr)Nc1ccc(Br)cc1OC(F)(F)F. The Morgan fingerprint density at radius 2 is 2.06 bits per heavy atom. The van der Waals surface area contributed by atoms with Crippen LogP contribution in [0.25, 0.3) is 0 Å². The topological polar surface area (TPSA) is 38.3 Å². The molecule has 1 amide bonds. The van der Waals surface area contributed by atoms with Crippen molar-refractivity contribution in [3.63, 3.8) is 0 Å². The Morgan fingerprint density at radius 1 is 1.41 bits per heavy atom. The summed E-state index contributed by atoms with van der Waals surface area (Å²) in [7, 11) is 0. The highest BCUT2D eigenvalue weighted by Gasteiger charge is 2.32. The molecule has 0 radical (unpaired) electrons. The van der Waals surface area contributed by atoms with E-state index in [1.807, 2.05) is 0 Å². The predicted octanol–water partition coefficient (Wildman–Crippen LogP) is 3.68. The normalized spacial score (nSPS) is 11.1. The summed E-state index contributed by atoms with van der Waals surface area (Å²) in [6.07, 6.45) is -4.81. The second kappa shape index (κ2) is 5.72. The monoisotopic (exact) mass is 375 g/mol. The van der Waals surface area contributed by atoms with E-state index in [1.54, 1.807) is 0 Å². The van der Waals surface area contributed by atoms with Gasteiger partial charge in [-0.1, -0.05) is 31.9 Å². The molecule has 0 aliphatic carbocycles. The summed E-state index contributed by atoms with van der Waals surface area (Å²) in [5.41, 5.74) is -0.0463. The third-order valence-electron chi connectivity index (χ3n) is 1.56. The van der Waals surface area contributed by atoms with Crippen molar-refractivity contribution in [3.05, 3.63) is 22.7 Å². The van der Waals surface area contributed by atoms with Gasteiger partial charge in [0.25, 0.3) is 0 Å². The minimum atomic E-state index is -4.81. The van der Waals surface area contributed by atoms with Crippen molar-refractivity contribution in [3.8, 4) is 5.75 Å². The number of alkyl halides is 4. The van der Waals surface area contributed by atoms with E-state index >= 15 is 0 Å². The van der Waals surface area contributed by atoms with Gasteiger partial charge in [-0.2, -0.15) is 0 Å². The smallest absolute Gasteiger partial charge is 0.404 e. The van der Waals surface area contributed by atoms with Crippen LogP contribution < -0.4 is 10.1 Å². The van der Waals surface area contributed by atoms with Gasteiger partial charge in [0.15, 0.2) is 5.75 Å². The van der Waals surface area contributed by atoms with Gasteiger partial charge in [-0.25, -0.2) is 0 Å². The number of hydrogen-bond donors (Lipinski definition) is 1. The van der Waals surface area contributed by atoms with E-state index in [4.69, 9.17) is 0 Å². The zero-order valence-electron chi connectivity index (χ0n) is 8.15. The largest absolute Gasteiger partial charge is 0.573 e. The summed E-state index contributed by atoms with van der Waals surface area (Å²) >= 11 is 5.91. The van der Waals surface area contributed by atoms with Gasteiger partial charge in [0.05, 0.1) is 11.0 Å². The Labute approximate surface area is 112 Å². The summed E-state index contributed by atoms with van der Waals surface area (Å²) < 4.78 is 40.5. The van der Waals surface area contributed by atoms with Crippen molar-refractivity contribution < 1.29 is 22.7 Å². The van der Waals surface area contributed by atoms with E-state index < -0.39 is 18.0 Å². The van der Waals surface area contributed by atoms with Crippen molar-refractivity contribution in [2.24, 2.45) is 0 Å². The molecule has 0 aliphatic rings. The first-order valence-corrected chi connectivity index (χ1v) is 6.14. The van der Waals surface area contributed by atoms with Gasteiger partial charge < -0.3 is 10.1 Å². The van der Waals surface area contributed by atoms with Crippen molar-refractivity contribution in [2.45, 2.75) is 6.36 Å². The molecular weight excluding hydrogens is 371 g/mol. The fraction of sp³-hybridized carbons (Fsp3) is 0.222. The lowest BCUT2D eigenvalue weighted by Crippen LogP contribution is -2.19. The Bertz CT molecular complexity index is 423. The average Bonchev–Trinajstić information content (AvgIpc) is 2.19. The first-order valence-electron chi connectivity index (χ1n) is 4.23. The summed E-state index contributed by atoms with van der Waals surface area (Å²) in [6, 6.07) is 3.93. The van der Waals surface area contributed by atoms with Crippen molar-refractivity contribution >= 4 is 43.5 Å². The van der Waals surface area contributed by atoms with Crippen LogP contribution in [0.4, 0.5) is 18.9 Å². The highest BCUT2D eigenvalue weighted by atomic mass is 79.9. The molecule has 3 nitrogen and oxygen atoms in total. The van der Waals surface area contributed by atoms with Crippen LogP contribution in [0.2, 0.25) is 0 Å². The molecule has 0 saturated heterocycles. The predicted molar refractivity (Wildman–Crippen MR) is 63.2 cm³/mol. The highest BCUT2D eigenvalue weighted by Crippen LogP contribution is 2.32. The lowest BCUT2D eigenvalue weighted by Gasteiger charge is -2.13. The van der Waals surface area contributed by atoms with E-state index in [0.29, 0.717) is 4.47 Å². The van der Waals surface area contributed by atoms with E-state index in [-0.39, 0.29) is 11.0 Å². The number of benzene rings is 1. The summed E-state index contributed by atoms with van der Waals surface area (Å²) in [5.74, 6) is -0.944. The maximum Gasteiger partial charge on any atom is 0.573 e. The number of anilines is 1. The Kier molecular flexibility index (Phi) is 4.81. The fourth-order valence-corrected chi connectivity index (χ4v) is 1.47. The molecule has 1 aromatic carbocycles. The molecule has 0 fully saturated rings. The molecule has 0 aliphatic heterocycles. The Morgan fingerprint density at radius 3 is 2.59 bits per heavy atom. The lowest BCUT2D eigenvalue weighted by molar-refractivity contribution is -0.274. The maximum atomic E-state index is 12.1. The highest BCUT2D eigenvalue weighted by molar-refractivity contribution is 9.10. The molecule has 1 rings (SSSR count). The number of halogens is 5. The van der Waals surface area contributed by atoms with Crippen LogP contribution >= 0.6 is 31.9 Å². The van der Waals surface area contributed by atoms with Crippen LogP contribution in [0.1, 0.15) is 0 Å². The lowest BCUT2D eigenvalue weighted by atomic mass is 10.3. The first-order chi connectivity index (χ1) is 7.81. The fourth-order valence-electron chi connectivity index (χ4n) is 0.992. The van der Waals surface area contributed by atoms with Crippen LogP contribution in [-0.4, -0.2) is 17.6 Å². The zero-order valence-corrected chi connectivity index (χ0v) is 11.3. The van der Waals surface area contributed by atoms with Gasteiger partial charge in [0, 0.05) is 4.47 Å². The number of carbonyl (C=O) groups excluding carboxylic acids is 1. The Balaban J connectivity index is 2.99. The molecule has 1 N–H and O–H groups in total. The minimum absolute atomic E-state index is 0.0193. The minimum Gasteiger partial charge on any atom is -0.404 e. The standard InChI is InChI=1S/C9H6Br2F3NO2/c10-4-8(16)15-6-2-1-5(11)3-7(6)17-9(12,13)14/h1-3H,4H2,(H,15,16). The molecule has 0 heterocycles. The summed E-state index contributed by atoms with van der Waals surface area (Å²) in [6.45, 7) is 0. The zero-order chi connectivity index (χ0) is 13.1. The van der Waals surface area contributed by atoms with Crippen LogP contribution in [-0.2, 0) is 4.79 Å². The molecule has 0 bridgehead atoms. The van der Waals surface area contributed by atoms with Crippen LogP contribution in [0.5, 0.6) is 5.75 Å². The molecule has 0 spiro atoms.